The van der Waals surface area contributed by atoms with Gasteiger partial charge in [0, 0.05) is 23.2 Å². The second-order valence-corrected chi connectivity index (χ2v) is 5.11. The minimum atomic E-state index is 0.411. The molecule has 2 aromatic heterocycles. The quantitative estimate of drug-likeness (QED) is 0.644. The number of rotatable bonds is 2. The van der Waals surface area contributed by atoms with Crippen molar-refractivity contribution in [2.75, 3.05) is 0 Å². The fourth-order valence-electron chi connectivity index (χ4n) is 2.13. The first-order valence-corrected chi connectivity index (χ1v) is 6.60. The van der Waals surface area contributed by atoms with Gasteiger partial charge < -0.3 is 0 Å². The molecule has 3 aromatic rings. The summed E-state index contributed by atoms with van der Waals surface area (Å²) in [6, 6.07) is 12.7. The first-order valence-electron chi connectivity index (χ1n) is 5.72. The molecule has 1 aromatic carbocycles. The molecule has 0 aliphatic rings. The predicted molar refractivity (Wildman–Crippen MR) is 73.6 cm³/mol. The van der Waals surface area contributed by atoms with Crippen molar-refractivity contribution in [3.63, 3.8) is 0 Å². The molecule has 17 heavy (non-hydrogen) atoms. The molecule has 0 N–H and O–H groups in total. The summed E-state index contributed by atoms with van der Waals surface area (Å²) < 4.78 is 0. The normalized spacial score (nSPS) is 12.8. The van der Waals surface area contributed by atoms with Gasteiger partial charge in [-0.15, -0.1) is 11.3 Å². The van der Waals surface area contributed by atoms with Crippen LogP contribution in [0.2, 0.25) is 0 Å². The minimum Gasteiger partial charge on any atom is -0.264 e. The molecule has 1 unspecified atom stereocenters. The Bertz CT molecular complexity index is 627. The Balaban J connectivity index is 2.10. The monoisotopic (exact) mass is 239 g/mol. The van der Waals surface area contributed by atoms with E-state index in [1.165, 1.54) is 21.2 Å². The van der Waals surface area contributed by atoms with Crippen molar-refractivity contribution >= 4 is 22.1 Å². The van der Waals surface area contributed by atoms with Crippen LogP contribution in [0.25, 0.3) is 10.8 Å². The molecular formula is C15H13NS. The van der Waals surface area contributed by atoms with Gasteiger partial charge in [-0.3, -0.25) is 4.98 Å². The van der Waals surface area contributed by atoms with E-state index in [-0.39, 0.29) is 0 Å². The van der Waals surface area contributed by atoms with Crippen LogP contribution in [-0.4, -0.2) is 4.98 Å². The Labute approximate surface area is 105 Å². The van der Waals surface area contributed by atoms with Gasteiger partial charge in [0.25, 0.3) is 0 Å². The molecule has 0 aliphatic carbocycles. The van der Waals surface area contributed by atoms with Gasteiger partial charge in [0.05, 0.1) is 0 Å². The van der Waals surface area contributed by atoms with Crippen LogP contribution in [0.15, 0.2) is 54.2 Å². The highest BCUT2D eigenvalue weighted by Crippen LogP contribution is 2.34. The summed E-state index contributed by atoms with van der Waals surface area (Å²) in [7, 11) is 0. The second-order valence-electron chi connectivity index (χ2n) is 4.20. The molecule has 0 spiro atoms. The molecule has 0 aliphatic heterocycles. The smallest absolute Gasteiger partial charge is 0.0306 e. The molecule has 84 valence electrons. The van der Waals surface area contributed by atoms with Crippen LogP contribution >= 0.6 is 11.3 Å². The van der Waals surface area contributed by atoms with E-state index in [4.69, 9.17) is 0 Å². The van der Waals surface area contributed by atoms with Crippen molar-refractivity contribution in [2.45, 2.75) is 12.8 Å². The molecular weight excluding hydrogens is 226 g/mol. The third kappa shape index (κ3) is 1.85. The summed E-state index contributed by atoms with van der Waals surface area (Å²) in [5, 5.41) is 4.94. The summed E-state index contributed by atoms with van der Waals surface area (Å²) in [5.74, 6) is 0.411. The van der Waals surface area contributed by atoms with E-state index in [1.807, 2.05) is 29.8 Å². The fraction of sp³-hybridized carbons (Fsp3) is 0.133. The van der Waals surface area contributed by atoms with Crippen molar-refractivity contribution in [1.29, 1.82) is 0 Å². The van der Waals surface area contributed by atoms with E-state index < -0.39 is 0 Å². The van der Waals surface area contributed by atoms with Crippen LogP contribution in [-0.2, 0) is 0 Å². The summed E-state index contributed by atoms with van der Waals surface area (Å²) in [6.07, 6.45) is 3.78. The van der Waals surface area contributed by atoms with Crippen molar-refractivity contribution in [1.82, 2.24) is 4.98 Å². The van der Waals surface area contributed by atoms with Crippen LogP contribution in [0.1, 0.15) is 23.3 Å². The maximum Gasteiger partial charge on any atom is 0.0306 e. The lowest BCUT2D eigenvalue weighted by atomic mass is 9.98. The van der Waals surface area contributed by atoms with E-state index in [9.17, 15) is 0 Å². The molecule has 1 atom stereocenters. The van der Waals surface area contributed by atoms with E-state index in [1.54, 1.807) is 0 Å². The van der Waals surface area contributed by atoms with E-state index >= 15 is 0 Å². The SMILES string of the molecule is CC(c1cccnc1)c1scc2ccccc12. The number of thiophene rings is 1. The topological polar surface area (TPSA) is 12.9 Å². The number of pyridine rings is 1. The third-order valence-corrected chi connectivity index (χ3v) is 4.32. The Morgan fingerprint density at radius 2 is 2.00 bits per heavy atom. The molecule has 0 amide bonds. The molecule has 0 radical (unpaired) electrons. The molecule has 0 saturated heterocycles. The zero-order chi connectivity index (χ0) is 11.7. The molecule has 2 heterocycles. The first-order chi connectivity index (χ1) is 8.36. The second kappa shape index (κ2) is 4.30. The molecule has 1 nitrogen and oxygen atoms in total. The highest BCUT2D eigenvalue weighted by Gasteiger charge is 2.13. The number of nitrogens with zero attached hydrogens (tertiary/aromatic N) is 1. The van der Waals surface area contributed by atoms with Gasteiger partial charge in [-0.2, -0.15) is 0 Å². The first kappa shape index (κ1) is 10.5. The van der Waals surface area contributed by atoms with E-state index in [2.05, 4.69) is 47.6 Å². The molecule has 0 saturated carbocycles. The molecule has 3 rings (SSSR count). The number of fused-ring (bicyclic) bond motifs is 1. The van der Waals surface area contributed by atoms with Crippen molar-refractivity contribution in [3.8, 4) is 0 Å². The zero-order valence-corrected chi connectivity index (χ0v) is 10.4. The van der Waals surface area contributed by atoms with Crippen molar-refractivity contribution in [2.24, 2.45) is 0 Å². The van der Waals surface area contributed by atoms with Gasteiger partial charge in [-0.25, -0.2) is 0 Å². The van der Waals surface area contributed by atoms with Gasteiger partial charge in [0.1, 0.15) is 0 Å². The number of benzene rings is 1. The van der Waals surface area contributed by atoms with E-state index in [0.29, 0.717) is 5.92 Å². The lowest BCUT2D eigenvalue weighted by Gasteiger charge is -2.09. The maximum absolute atomic E-state index is 4.20. The minimum absolute atomic E-state index is 0.411. The van der Waals surface area contributed by atoms with Crippen LogP contribution in [0, 0.1) is 0 Å². The summed E-state index contributed by atoms with van der Waals surface area (Å²) in [6.45, 7) is 2.25. The number of hydrogen-bond acceptors (Lipinski definition) is 2. The average Bonchev–Trinajstić information content (AvgIpc) is 2.83. The Morgan fingerprint density at radius 1 is 1.12 bits per heavy atom. The standard InChI is InChI=1S/C15H13NS/c1-11(12-6-4-8-16-9-12)15-14-7-3-2-5-13(14)10-17-15/h2-11H,1H3. The largest absolute Gasteiger partial charge is 0.264 e. The number of aromatic nitrogens is 1. The lowest BCUT2D eigenvalue weighted by Crippen LogP contribution is -1.93. The zero-order valence-electron chi connectivity index (χ0n) is 9.63. The van der Waals surface area contributed by atoms with Gasteiger partial charge in [0.15, 0.2) is 0 Å². The van der Waals surface area contributed by atoms with Gasteiger partial charge >= 0.3 is 0 Å². The predicted octanol–water partition coefficient (Wildman–Crippen LogP) is 4.45. The van der Waals surface area contributed by atoms with Gasteiger partial charge in [-0.1, -0.05) is 37.3 Å². The molecule has 0 bridgehead atoms. The van der Waals surface area contributed by atoms with Crippen LogP contribution < -0.4 is 0 Å². The highest BCUT2D eigenvalue weighted by molar-refractivity contribution is 7.11. The van der Waals surface area contributed by atoms with Crippen LogP contribution in [0.4, 0.5) is 0 Å². The summed E-state index contributed by atoms with van der Waals surface area (Å²) in [5.41, 5.74) is 1.28. The number of hydrogen-bond donors (Lipinski definition) is 0. The van der Waals surface area contributed by atoms with Crippen molar-refractivity contribution in [3.05, 3.63) is 64.6 Å². The average molecular weight is 239 g/mol. The fourth-order valence-corrected chi connectivity index (χ4v) is 3.25. The highest BCUT2D eigenvalue weighted by atomic mass is 32.1. The van der Waals surface area contributed by atoms with E-state index in [0.717, 1.165) is 0 Å². The van der Waals surface area contributed by atoms with Gasteiger partial charge in [0.2, 0.25) is 0 Å². The Morgan fingerprint density at radius 3 is 2.82 bits per heavy atom. The van der Waals surface area contributed by atoms with Gasteiger partial charge in [-0.05, 0) is 27.8 Å². The third-order valence-electron chi connectivity index (χ3n) is 3.12. The molecule has 0 fully saturated rings. The maximum atomic E-state index is 4.20. The molecule has 2 heteroatoms. The summed E-state index contributed by atoms with van der Waals surface area (Å²) in [4.78, 5) is 5.62. The van der Waals surface area contributed by atoms with Crippen LogP contribution in [0.3, 0.4) is 0 Å². The van der Waals surface area contributed by atoms with Crippen molar-refractivity contribution < 1.29 is 0 Å². The Hall–Kier alpha value is -1.67. The van der Waals surface area contributed by atoms with Crippen LogP contribution in [0.5, 0.6) is 0 Å². The Kier molecular flexibility index (Phi) is 2.65. The lowest BCUT2D eigenvalue weighted by molar-refractivity contribution is 0.942. The summed E-state index contributed by atoms with van der Waals surface area (Å²) >= 11 is 1.84.